The van der Waals surface area contributed by atoms with Crippen molar-refractivity contribution in [1.82, 2.24) is 4.90 Å². The first-order valence-corrected chi connectivity index (χ1v) is 8.27. The lowest BCUT2D eigenvalue weighted by molar-refractivity contribution is 0.251. The molecule has 0 aliphatic heterocycles. The minimum Gasteiger partial charge on any atom is -0.329 e. The van der Waals surface area contributed by atoms with E-state index in [1.54, 1.807) is 0 Å². The number of thiophene rings is 1. The van der Waals surface area contributed by atoms with E-state index in [1.807, 2.05) is 23.1 Å². The molecule has 1 aromatic rings. The summed E-state index contributed by atoms with van der Waals surface area (Å²) < 4.78 is 0. The molecule has 98 valence electrons. The normalized spacial score (nSPS) is 13.3. The van der Waals surface area contributed by atoms with Crippen LogP contribution in [0.5, 0.6) is 0 Å². The van der Waals surface area contributed by atoms with E-state index in [2.05, 4.69) is 38.1 Å². The van der Waals surface area contributed by atoms with E-state index in [9.17, 15) is 0 Å². The molecular formula is C13H24N2S2. The Hall–Kier alpha value is -0.0300. The third kappa shape index (κ3) is 4.28. The number of nitrogens with zero attached hydrogens (tertiary/aromatic N) is 1. The van der Waals surface area contributed by atoms with E-state index in [0.717, 1.165) is 6.54 Å². The van der Waals surface area contributed by atoms with Gasteiger partial charge in [0.2, 0.25) is 0 Å². The number of hydrogen-bond donors (Lipinski definition) is 1. The number of likely N-dealkylation sites (N-methyl/N-ethyl adjacent to an activating group) is 1. The second-order valence-electron chi connectivity index (χ2n) is 4.45. The molecule has 1 heterocycles. The Morgan fingerprint density at radius 3 is 2.65 bits per heavy atom. The maximum absolute atomic E-state index is 5.95. The minimum atomic E-state index is 0.377. The van der Waals surface area contributed by atoms with E-state index >= 15 is 0 Å². The van der Waals surface area contributed by atoms with Gasteiger partial charge in [0, 0.05) is 22.3 Å². The van der Waals surface area contributed by atoms with Crippen molar-refractivity contribution in [2.75, 3.05) is 32.1 Å². The SMILES string of the molecule is CSCCCN(C)C(CN)c1cc(C)sc1C. The van der Waals surface area contributed by atoms with Crippen molar-refractivity contribution in [2.45, 2.75) is 26.3 Å². The average molecular weight is 272 g/mol. The molecule has 17 heavy (non-hydrogen) atoms. The molecule has 0 aromatic carbocycles. The van der Waals surface area contributed by atoms with Gasteiger partial charge in [-0.25, -0.2) is 0 Å². The predicted octanol–water partition coefficient (Wildman–Crippen LogP) is 3.05. The first-order chi connectivity index (χ1) is 8.10. The third-order valence-electron chi connectivity index (χ3n) is 3.05. The van der Waals surface area contributed by atoms with Crippen molar-refractivity contribution in [1.29, 1.82) is 0 Å². The number of aryl methyl sites for hydroxylation is 2. The molecule has 1 aromatic heterocycles. The van der Waals surface area contributed by atoms with E-state index in [4.69, 9.17) is 5.73 Å². The largest absolute Gasteiger partial charge is 0.329 e. The summed E-state index contributed by atoms with van der Waals surface area (Å²) in [6.07, 6.45) is 3.39. The molecule has 0 bridgehead atoms. The van der Waals surface area contributed by atoms with Crippen LogP contribution in [0.2, 0.25) is 0 Å². The molecule has 0 aliphatic carbocycles. The van der Waals surface area contributed by atoms with Crippen LogP contribution in [0.3, 0.4) is 0 Å². The fourth-order valence-corrected chi connectivity index (χ4v) is 3.54. The first-order valence-electron chi connectivity index (χ1n) is 6.06. The summed E-state index contributed by atoms with van der Waals surface area (Å²) >= 11 is 3.78. The molecule has 4 heteroatoms. The maximum Gasteiger partial charge on any atom is 0.0478 e. The molecule has 0 aliphatic rings. The predicted molar refractivity (Wildman–Crippen MR) is 81.2 cm³/mol. The molecule has 2 nitrogen and oxygen atoms in total. The van der Waals surface area contributed by atoms with E-state index < -0.39 is 0 Å². The lowest BCUT2D eigenvalue weighted by Gasteiger charge is -2.27. The summed E-state index contributed by atoms with van der Waals surface area (Å²) in [5, 5.41) is 0. The van der Waals surface area contributed by atoms with Crippen molar-refractivity contribution in [3.05, 3.63) is 21.4 Å². The molecule has 1 atom stereocenters. The topological polar surface area (TPSA) is 29.3 Å². The molecule has 0 saturated carbocycles. The zero-order valence-electron chi connectivity index (χ0n) is 11.3. The van der Waals surface area contributed by atoms with Gasteiger partial charge in [-0.15, -0.1) is 11.3 Å². The zero-order chi connectivity index (χ0) is 12.8. The number of hydrogen-bond acceptors (Lipinski definition) is 4. The quantitative estimate of drug-likeness (QED) is 0.774. The Labute approximate surface area is 114 Å². The minimum absolute atomic E-state index is 0.377. The fourth-order valence-electron chi connectivity index (χ4n) is 2.14. The van der Waals surface area contributed by atoms with Crippen LogP contribution < -0.4 is 5.73 Å². The standard InChI is InChI=1S/C13H24N2S2/c1-10-8-12(11(2)17-10)13(9-14)15(3)6-5-7-16-4/h8,13H,5-7,9,14H2,1-4H3. The van der Waals surface area contributed by atoms with Crippen LogP contribution >= 0.6 is 23.1 Å². The lowest BCUT2D eigenvalue weighted by Crippen LogP contribution is -2.31. The van der Waals surface area contributed by atoms with Gasteiger partial charge in [-0.3, -0.25) is 4.90 Å². The van der Waals surface area contributed by atoms with Crippen LogP contribution in [0.1, 0.15) is 27.8 Å². The van der Waals surface area contributed by atoms with Crippen LogP contribution in [0.15, 0.2) is 6.07 Å². The van der Waals surface area contributed by atoms with Gasteiger partial charge in [0.05, 0.1) is 0 Å². The molecule has 2 N–H and O–H groups in total. The summed E-state index contributed by atoms with van der Waals surface area (Å²) in [6.45, 7) is 6.19. The third-order valence-corrected chi connectivity index (χ3v) is 4.73. The van der Waals surface area contributed by atoms with Gasteiger partial charge in [0.15, 0.2) is 0 Å². The smallest absolute Gasteiger partial charge is 0.0478 e. The van der Waals surface area contributed by atoms with Gasteiger partial charge in [-0.05, 0) is 57.5 Å². The highest BCUT2D eigenvalue weighted by molar-refractivity contribution is 7.98. The van der Waals surface area contributed by atoms with Crippen LogP contribution in [0, 0.1) is 13.8 Å². The van der Waals surface area contributed by atoms with E-state index in [0.29, 0.717) is 12.6 Å². The summed E-state index contributed by atoms with van der Waals surface area (Å²) in [6, 6.07) is 2.67. The monoisotopic (exact) mass is 272 g/mol. The Kier molecular flexibility index (Phi) is 6.55. The van der Waals surface area contributed by atoms with Crippen LogP contribution in [0.4, 0.5) is 0 Å². The fraction of sp³-hybridized carbons (Fsp3) is 0.692. The highest BCUT2D eigenvalue weighted by atomic mass is 32.2. The molecule has 0 amide bonds. The van der Waals surface area contributed by atoms with Gasteiger partial charge in [0.1, 0.15) is 0 Å². The lowest BCUT2D eigenvalue weighted by atomic mass is 10.1. The molecule has 0 spiro atoms. The van der Waals surface area contributed by atoms with Gasteiger partial charge in [-0.2, -0.15) is 11.8 Å². The summed E-state index contributed by atoms with van der Waals surface area (Å²) in [4.78, 5) is 5.19. The van der Waals surface area contributed by atoms with Gasteiger partial charge in [-0.1, -0.05) is 0 Å². The molecule has 1 unspecified atom stereocenters. The number of nitrogens with two attached hydrogens (primary N) is 1. The van der Waals surface area contributed by atoms with Crippen LogP contribution in [0.25, 0.3) is 0 Å². The Morgan fingerprint density at radius 2 is 2.18 bits per heavy atom. The second-order valence-corrected chi connectivity index (χ2v) is 6.89. The van der Waals surface area contributed by atoms with Crippen molar-refractivity contribution < 1.29 is 0 Å². The van der Waals surface area contributed by atoms with Gasteiger partial charge < -0.3 is 5.73 Å². The van der Waals surface area contributed by atoms with Crippen LogP contribution in [-0.2, 0) is 0 Å². The average Bonchev–Trinajstić information content (AvgIpc) is 2.60. The Balaban J connectivity index is 2.67. The highest BCUT2D eigenvalue weighted by Crippen LogP contribution is 2.29. The van der Waals surface area contributed by atoms with E-state index in [1.165, 1.54) is 27.5 Å². The summed E-state index contributed by atoms with van der Waals surface area (Å²) in [5.41, 5.74) is 7.36. The number of rotatable bonds is 7. The van der Waals surface area contributed by atoms with Crippen molar-refractivity contribution in [3.8, 4) is 0 Å². The maximum atomic E-state index is 5.95. The van der Waals surface area contributed by atoms with Gasteiger partial charge >= 0.3 is 0 Å². The van der Waals surface area contributed by atoms with Crippen molar-refractivity contribution in [2.24, 2.45) is 5.73 Å². The second kappa shape index (κ2) is 7.41. The molecular weight excluding hydrogens is 248 g/mol. The molecule has 0 saturated heterocycles. The Morgan fingerprint density at radius 1 is 1.47 bits per heavy atom. The Bertz CT molecular complexity index is 336. The highest BCUT2D eigenvalue weighted by Gasteiger charge is 2.18. The zero-order valence-corrected chi connectivity index (χ0v) is 13.0. The van der Waals surface area contributed by atoms with E-state index in [-0.39, 0.29) is 0 Å². The summed E-state index contributed by atoms with van der Waals surface area (Å²) in [5.74, 6) is 1.23. The van der Waals surface area contributed by atoms with Crippen molar-refractivity contribution >= 4 is 23.1 Å². The molecule has 0 fully saturated rings. The molecule has 1 rings (SSSR count). The van der Waals surface area contributed by atoms with Crippen molar-refractivity contribution in [3.63, 3.8) is 0 Å². The summed E-state index contributed by atoms with van der Waals surface area (Å²) in [7, 11) is 2.18. The van der Waals surface area contributed by atoms with Gasteiger partial charge in [0.25, 0.3) is 0 Å². The molecule has 0 radical (unpaired) electrons. The number of thioether (sulfide) groups is 1. The first kappa shape index (κ1) is 15.0. The van der Waals surface area contributed by atoms with Crippen LogP contribution in [-0.4, -0.2) is 37.0 Å².